The molecule has 0 aliphatic heterocycles. The lowest BCUT2D eigenvalue weighted by Gasteiger charge is -2.14. The first-order valence-electron chi connectivity index (χ1n) is 8.44. The minimum Gasteiger partial charge on any atom is -0.327 e. The van der Waals surface area contributed by atoms with Crippen molar-refractivity contribution in [3.05, 3.63) is 66.9 Å². The van der Waals surface area contributed by atoms with Gasteiger partial charge in [0.25, 0.3) is 0 Å². The zero-order valence-corrected chi connectivity index (χ0v) is 15.5. The number of hydrogen-bond donors (Lipinski definition) is 1. The van der Waals surface area contributed by atoms with Crippen LogP contribution in [0.15, 0.2) is 55.5 Å². The van der Waals surface area contributed by atoms with E-state index in [0.717, 1.165) is 15.9 Å². The average molecular weight is 410 g/mol. The Morgan fingerprint density at radius 2 is 2.10 bits per heavy atom. The molecule has 11 heteroatoms. The molecule has 5 aromatic rings. The third-order valence-corrected chi connectivity index (χ3v) is 5.09. The Hall–Kier alpha value is -3.73. The maximum atomic E-state index is 15.2. The molecule has 0 radical (unpaired) electrons. The Labute approximate surface area is 166 Å². The number of anilines is 2. The molecule has 0 saturated carbocycles. The van der Waals surface area contributed by atoms with Gasteiger partial charge in [-0.2, -0.15) is 18.4 Å². The minimum atomic E-state index is -3.39. The summed E-state index contributed by atoms with van der Waals surface area (Å²) in [6.07, 6.45) is 6.41. The quantitative estimate of drug-likeness (QED) is 0.473. The van der Waals surface area contributed by atoms with E-state index in [1.807, 2.05) is 0 Å². The molecule has 0 atom stereocenters. The number of alkyl halides is 2. The molecule has 144 valence electrons. The molecule has 4 aromatic heterocycles. The van der Waals surface area contributed by atoms with Crippen molar-refractivity contribution in [1.29, 1.82) is 0 Å². The van der Waals surface area contributed by atoms with E-state index in [1.165, 1.54) is 23.0 Å². The molecule has 0 bridgehead atoms. The van der Waals surface area contributed by atoms with Crippen LogP contribution in [-0.2, 0) is 5.92 Å². The molecule has 1 N–H and O–H groups in total. The van der Waals surface area contributed by atoms with Crippen LogP contribution in [0.5, 0.6) is 0 Å². The van der Waals surface area contributed by atoms with Crippen LogP contribution in [0.25, 0.3) is 22.1 Å². The molecule has 0 aliphatic carbocycles. The highest BCUT2D eigenvalue weighted by Gasteiger charge is 2.40. The number of halogens is 2. The molecular weight excluding hydrogens is 398 g/mol. The summed E-state index contributed by atoms with van der Waals surface area (Å²) in [5.74, 6) is -3.94. The van der Waals surface area contributed by atoms with Gasteiger partial charge in [0.15, 0.2) is 0 Å². The van der Waals surface area contributed by atoms with Gasteiger partial charge in [0, 0.05) is 23.3 Å². The fraction of sp³-hybridized carbons (Fsp3) is 0.0556. The standard InChI is InChI=1S/C18H12F2N8S/c1-2-27-10-13(9-22-27)23-16-26-28-15(24-25-17(28)29-16)18(19,20)12-5-6-14-11(8-12)4-3-7-21-14/h2-10H,1H2,(H,23,26). The Balaban J connectivity index is 1.52. The van der Waals surface area contributed by atoms with Crippen molar-refractivity contribution < 1.29 is 8.78 Å². The number of aromatic nitrogens is 7. The zero-order chi connectivity index (χ0) is 20.0. The Morgan fingerprint density at radius 1 is 1.21 bits per heavy atom. The molecule has 4 heterocycles. The summed E-state index contributed by atoms with van der Waals surface area (Å²) >= 11 is 1.10. The van der Waals surface area contributed by atoms with Crippen molar-refractivity contribution in [2.75, 3.05) is 5.32 Å². The van der Waals surface area contributed by atoms with E-state index in [9.17, 15) is 0 Å². The van der Waals surface area contributed by atoms with Crippen molar-refractivity contribution >= 4 is 44.2 Å². The van der Waals surface area contributed by atoms with E-state index in [4.69, 9.17) is 0 Å². The number of nitrogens with one attached hydrogen (secondary N) is 1. The van der Waals surface area contributed by atoms with Gasteiger partial charge in [-0.25, -0.2) is 4.68 Å². The van der Waals surface area contributed by atoms with E-state index >= 15 is 8.78 Å². The molecule has 0 spiro atoms. The van der Waals surface area contributed by atoms with Crippen LogP contribution >= 0.6 is 11.3 Å². The molecule has 1 aromatic carbocycles. The fourth-order valence-corrected chi connectivity index (χ4v) is 3.65. The molecule has 0 aliphatic rings. The molecular formula is C18H12F2N8S. The van der Waals surface area contributed by atoms with Gasteiger partial charge in [-0.05, 0) is 18.2 Å². The van der Waals surface area contributed by atoms with Crippen molar-refractivity contribution in [3.8, 4) is 0 Å². The van der Waals surface area contributed by atoms with Gasteiger partial charge >= 0.3 is 5.92 Å². The van der Waals surface area contributed by atoms with Crippen LogP contribution in [0.1, 0.15) is 11.4 Å². The largest absolute Gasteiger partial charge is 0.333 e. The highest BCUT2D eigenvalue weighted by Crippen LogP contribution is 2.37. The Bertz CT molecular complexity index is 1350. The van der Waals surface area contributed by atoms with Crippen molar-refractivity contribution in [2.45, 2.75) is 5.92 Å². The lowest BCUT2D eigenvalue weighted by molar-refractivity contribution is 0.0308. The second-order valence-electron chi connectivity index (χ2n) is 6.13. The predicted molar refractivity (Wildman–Crippen MR) is 105 cm³/mol. The summed E-state index contributed by atoms with van der Waals surface area (Å²) in [7, 11) is 0. The highest BCUT2D eigenvalue weighted by atomic mass is 32.1. The van der Waals surface area contributed by atoms with Gasteiger partial charge in [-0.15, -0.1) is 15.3 Å². The minimum absolute atomic E-state index is 0.206. The highest BCUT2D eigenvalue weighted by molar-refractivity contribution is 7.20. The van der Waals surface area contributed by atoms with Gasteiger partial charge in [0.1, 0.15) is 0 Å². The second-order valence-corrected chi connectivity index (χ2v) is 7.08. The van der Waals surface area contributed by atoms with Crippen LogP contribution in [-0.4, -0.2) is 34.6 Å². The Kier molecular flexibility index (Phi) is 3.84. The summed E-state index contributed by atoms with van der Waals surface area (Å²) in [5.41, 5.74) is 1.07. The number of benzene rings is 1. The van der Waals surface area contributed by atoms with Crippen LogP contribution in [0.3, 0.4) is 0 Å². The summed E-state index contributed by atoms with van der Waals surface area (Å²) in [5, 5.41) is 19.8. The first-order valence-corrected chi connectivity index (χ1v) is 9.26. The molecule has 0 fully saturated rings. The third-order valence-electron chi connectivity index (χ3n) is 4.28. The van der Waals surface area contributed by atoms with Crippen LogP contribution in [0, 0.1) is 0 Å². The van der Waals surface area contributed by atoms with E-state index in [0.29, 0.717) is 21.7 Å². The van der Waals surface area contributed by atoms with Gasteiger partial charge in [0.2, 0.25) is 15.9 Å². The van der Waals surface area contributed by atoms with Crippen LogP contribution in [0.4, 0.5) is 19.6 Å². The summed E-state index contributed by atoms with van der Waals surface area (Å²) in [6.45, 7) is 3.61. The number of pyridine rings is 1. The lowest BCUT2D eigenvalue weighted by atomic mass is 10.0. The average Bonchev–Trinajstić information content (AvgIpc) is 3.43. The molecule has 0 amide bonds. The van der Waals surface area contributed by atoms with Gasteiger partial charge in [-0.1, -0.05) is 30.0 Å². The Morgan fingerprint density at radius 3 is 2.93 bits per heavy atom. The maximum absolute atomic E-state index is 15.2. The molecule has 5 rings (SSSR count). The summed E-state index contributed by atoms with van der Waals surface area (Å²) in [4.78, 5) is 4.41. The summed E-state index contributed by atoms with van der Waals surface area (Å²) < 4.78 is 33.0. The third kappa shape index (κ3) is 2.91. The van der Waals surface area contributed by atoms with E-state index in [2.05, 4.69) is 37.3 Å². The molecule has 29 heavy (non-hydrogen) atoms. The van der Waals surface area contributed by atoms with E-state index in [-0.39, 0.29) is 10.5 Å². The zero-order valence-electron chi connectivity index (χ0n) is 14.7. The topological polar surface area (TPSA) is 85.8 Å². The van der Waals surface area contributed by atoms with Crippen molar-refractivity contribution in [1.82, 2.24) is 34.6 Å². The number of hydrogen-bond acceptors (Lipinski definition) is 7. The monoisotopic (exact) mass is 410 g/mol. The lowest BCUT2D eigenvalue weighted by Crippen LogP contribution is -2.19. The molecule has 0 unspecified atom stereocenters. The normalized spacial score (nSPS) is 11.9. The van der Waals surface area contributed by atoms with Gasteiger partial charge in [0.05, 0.1) is 23.6 Å². The maximum Gasteiger partial charge on any atom is 0.333 e. The van der Waals surface area contributed by atoms with E-state index < -0.39 is 11.7 Å². The van der Waals surface area contributed by atoms with E-state index in [1.54, 1.807) is 36.8 Å². The van der Waals surface area contributed by atoms with Crippen molar-refractivity contribution in [3.63, 3.8) is 0 Å². The fourth-order valence-electron chi connectivity index (χ4n) is 2.89. The SMILES string of the molecule is C=Cn1cc(Nc2nn3c(C(F)(F)c4ccc5ncccc5c4)nnc3s2)cn1. The summed E-state index contributed by atoms with van der Waals surface area (Å²) in [6, 6.07) is 7.73. The number of nitrogens with zero attached hydrogens (tertiary/aromatic N) is 7. The number of fused-ring (bicyclic) bond motifs is 2. The van der Waals surface area contributed by atoms with Gasteiger partial charge in [-0.3, -0.25) is 4.98 Å². The molecule has 8 nitrogen and oxygen atoms in total. The first-order chi connectivity index (χ1) is 14.0. The smallest absolute Gasteiger partial charge is 0.327 e. The first kappa shape index (κ1) is 17.4. The van der Waals surface area contributed by atoms with Crippen molar-refractivity contribution in [2.24, 2.45) is 0 Å². The second kappa shape index (κ2) is 6.41. The van der Waals surface area contributed by atoms with Crippen LogP contribution in [0.2, 0.25) is 0 Å². The predicted octanol–water partition coefficient (Wildman–Crippen LogP) is 3.91. The molecule has 0 saturated heterocycles. The number of rotatable bonds is 5. The van der Waals surface area contributed by atoms with Gasteiger partial charge < -0.3 is 5.32 Å². The van der Waals surface area contributed by atoms with Crippen LogP contribution < -0.4 is 5.32 Å².